The standard InChI is InChI=1S/C14H16F6N2.2ClH/c15-10-8-12(17)11(16)7-9(10)13(1-2-14(18,19)20)22-5-3-21-4-6-22;;/h7-8,13,21H,1-6H2;2*1H/t13-;;/m1../s1. The van der Waals surface area contributed by atoms with Crippen molar-refractivity contribution in [2.24, 2.45) is 0 Å². The highest BCUT2D eigenvalue weighted by Crippen LogP contribution is 2.33. The van der Waals surface area contributed by atoms with Crippen LogP contribution < -0.4 is 5.32 Å². The summed E-state index contributed by atoms with van der Waals surface area (Å²) >= 11 is 0. The first-order valence-electron chi connectivity index (χ1n) is 6.94. The molecule has 2 rings (SSSR count). The van der Waals surface area contributed by atoms with Gasteiger partial charge in [0.2, 0.25) is 0 Å². The summed E-state index contributed by atoms with van der Waals surface area (Å²) in [5, 5.41) is 3.04. The molecule has 2 nitrogen and oxygen atoms in total. The van der Waals surface area contributed by atoms with Gasteiger partial charge in [0.1, 0.15) is 5.82 Å². The van der Waals surface area contributed by atoms with Crippen molar-refractivity contribution in [1.82, 2.24) is 10.2 Å². The fourth-order valence-corrected chi connectivity index (χ4v) is 2.62. The second-order valence-electron chi connectivity index (χ2n) is 5.24. The summed E-state index contributed by atoms with van der Waals surface area (Å²) < 4.78 is 77.8. The SMILES string of the molecule is Cl.Cl.Fc1cc(F)c([C@@H](CCC(F)(F)F)N2CCNCC2)cc1F. The predicted molar refractivity (Wildman–Crippen MR) is 83.3 cm³/mol. The lowest BCUT2D eigenvalue weighted by Gasteiger charge is -2.35. The van der Waals surface area contributed by atoms with Crippen molar-refractivity contribution in [1.29, 1.82) is 0 Å². The lowest BCUT2D eigenvalue weighted by Crippen LogP contribution is -2.45. The second-order valence-corrected chi connectivity index (χ2v) is 5.24. The van der Waals surface area contributed by atoms with E-state index in [1.165, 1.54) is 0 Å². The van der Waals surface area contributed by atoms with Gasteiger partial charge in [-0.05, 0) is 12.5 Å². The molecule has 0 aliphatic carbocycles. The Balaban J connectivity index is 0.00000264. The zero-order chi connectivity index (χ0) is 16.3. The van der Waals surface area contributed by atoms with Gasteiger partial charge in [0, 0.05) is 50.3 Å². The van der Waals surface area contributed by atoms with Crippen LogP contribution in [0.25, 0.3) is 0 Å². The smallest absolute Gasteiger partial charge is 0.314 e. The molecular formula is C14H18Cl2F6N2. The van der Waals surface area contributed by atoms with Crippen LogP contribution in [0.1, 0.15) is 24.4 Å². The minimum Gasteiger partial charge on any atom is -0.314 e. The fourth-order valence-electron chi connectivity index (χ4n) is 2.62. The minimum absolute atomic E-state index is 0. The van der Waals surface area contributed by atoms with Gasteiger partial charge in [-0.3, -0.25) is 4.90 Å². The van der Waals surface area contributed by atoms with Crippen molar-refractivity contribution in [2.75, 3.05) is 26.2 Å². The Morgan fingerprint density at radius 2 is 1.50 bits per heavy atom. The van der Waals surface area contributed by atoms with E-state index in [0.29, 0.717) is 38.3 Å². The van der Waals surface area contributed by atoms with Crippen LogP contribution in [0.2, 0.25) is 0 Å². The maximum Gasteiger partial charge on any atom is 0.389 e. The molecular weight excluding hydrogens is 381 g/mol. The van der Waals surface area contributed by atoms with Crippen LogP contribution in [0, 0.1) is 17.5 Å². The summed E-state index contributed by atoms with van der Waals surface area (Å²) in [4.78, 5) is 1.66. The zero-order valence-electron chi connectivity index (χ0n) is 12.5. The van der Waals surface area contributed by atoms with E-state index >= 15 is 0 Å². The lowest BCUT2D eigenvalue weighted by atomic mass is 9.98. The molecule has 0 aromatic heterocycles. The topological polar surface area (TPSA) is 15.3 Å². The number of hydrogen-bond donors (Lipinski definition) is 1. The molecule has 0 spiro atoms. The van der Waals surface area contributed by atoms with E-state index in [1.807, 2.05) is 0 Å². The molecule has 0 bridgehead atoms. The number of halogens is 8. The summed E-state index contributed by atoms with van der Waals surface area (Å²) in [6.45, 7) is 1.93. The van der Waals surface area contributed by atoms with Gasteiger partial charge in [0.15, 0.2) is 11.6 Å². The molecule has 0 saturated carbocycles. The first-order valence-corrected chi connectivity index (χ1v) is 6.94. The predicted octanol–water partition coefficient (Wildman–Crippen LogP) is 4.24. The van der Waals surface area contributed by atoms with Crippen LogP contribution in [0.4, 0.5) is 26.3 Å². The number of rotatable bonds is 4. The van der Waals surface area contributed by atoms with Crippen LogP contribution in [0.5, 0.6) is 0 Å². The lowest BCUT2D eigenvalue weighted by molar-refractivity contribution is -0.138. The molecule has 0 unspecified atom stereocenters. The van der Waals surface area contributed by atoms with Gasteiger partial charge in [0.05, 0.1) is 0 Å². The molecule has 1 aromatic rings. The maximum atomic E-state index is 13.9. The Morgan fingerprint density at radius 1 is 0.958 bits per heavy atom. The van der Waals surface area contributed by atoms with Gasteiger partial charge in [-0.2, -0.15) is 13.2 Å². The molecule has 140 valence electrons. The molecule has 1 atom stereocenters. The zero-order valence-corrected chi connectivity index (χ0v) is 14.1. The summed E-state index contributed by atoms with van der Waals surface area (Å²) in [5.74, 6) is -3.63. The Labute approximate surface area is 148 Å². The van der Waals surface area contributed by atoms with E-state index in [4.69, 9.17) is 0 Å². The van der Waals surface area contributed by atoms with Gasteiger partial charge < -0.3 is 5.32 Å². The van der Waals surface area contributed by atoms with E-state index in [2.05, 4.69) is 5.32 Å². The van der Waals surface area contributed by atoms with Gasteiger partial charge in [0.25, 0.3) is 0 Å². The van der Waals surface area contributed by atoms with Gasteiger partial charge in [-0.25, -0.2) is 13.2 Å². The first-order chi connectivity index (χ1) is 10.3. The maximum absolute atomic E-state index is 13.9. The van der Waals surface area contributed by atoms with E-state index in [9.17, 15) is 26.3 Å². The quantitative estimate of drug-likeness (QED) is 0.602. The summed E-state index contributed by atoms with van der Waals surface area (Å²) in [7, 11) is 0. The van der Waals surface area contributed by atoms with Crippen LogP contribution in [-0.2, 0) is 0 Å². The van der Waals surface area contributed by atoms with E-state index in [0.717, 1.165) is 0 Å². The molecule has 1 fully saturated rings. The Hall–Kier alpha value is -0.700. The third-order valence-electron chi connectivity index (χ3n) is 3.69. The Kier molecular flexibility index (Phi) is 9.41. The highest BCUT2D eigenvalue weighted by Gasteiger charge is 2.32. The average Bonchev–Trinajstić information content (AvgIpc) is 2.44. The first kappa shape index (κ1) is 23.3. The number of nitrogens with one attached hydrogen (secondary N) is 1. The average molecular weight is 399 g/mol. The highest BCUT2D eigenvalue weighted by molar-refractivity contribution is 5.85. The van der Waals surface area contributed by atoms with Crippen molar-refractivity contribution in [2.45, 2.75) is 25.1 Å². The summed E-state index contributed by atoms with van der Waals surface area (Å²) in [6, 6.07) is 0.111. The van der Waals surface area contributed by atoms with Crippen molar-refractivity contribution < 1.29 is 26.3 Å². The van der Waals surface area contributed by atoms with Crippen LogP contribution >= 0.6 is 24.8 Å². The molecule has 1 saturated heterocycles. The van der Waals surface area contributed by atoms with Crippen molar-refractivity contribution >= 4 is 24.8 Å². The molecule has 24 heavy (non-hydrogen) atoms. The Morgan fingerprint density at radius 3 is 2.04 bits per heavy atom. The van der Waals surface area contributed by atoms with E-state index < -0.39 is 42.5 Å². The van der Waals surface area contributed by atoms with Crippen LogP contribution in [0.3, 0.4) is 0 Å². The van der Waals surface area contributed by atoms with Gasteiger partial charge in [-0.15, -0.1) is 24.8 Å². The van der Waals surface area contributed by atoms with Crippen molar-refractivity contribution in [3.63, 3.8) is 0 Å². The summed E-state index contributed by atoms with van der Waals surface area (Å²) in [5.41, 5.74) is -0.231. The molecule has 10 heteroatoms. The molecule has 1 N–H and O–H groups in total. The van der Waals surface area contributed by atoms with Crippen LogP contribution in [-0.4, -0.2) is 37.3 Å². The second kappa shape index (κ2) is 9.70. The number of piperazine rings is 1. The number of alkyl halides is 3. The largest absolute Gasteiger partial charge is 0.389 e. The number of nitrogens with zero attached hydrogens (tertiary/aromatic N) is 1. The number of hydrogen-bond acceptors (Lipinski definition) is 2. The highest BCUT2D eigenvalue weighted by atomic mass is 35.5. The fraction of sp³-hybridized carbons (Fsp3) is 0.571. The molecule has 1 aliphatic heterocycles. The van der Waals surface area contributed by atoms with Crippen LogP contribution in [0.15, 0.2) is 12.1 Å². The monoisotopic (exact) mass is 398 g/mol. The molecule has 1 aliphatic rings. The molecule has 1 heterocycles. The number of benzene rings is 1. The molecule has 0 radical (unpaired) electrons. The molecule has 0 amide bonds. The third-order valence-corrected chi connectivity index (χ3v) is 3.69. The normalized spacial score (nSPS) is 16.9. The Bertz CT molecular complexity index is 521. The van der Waals surface area contributed by atoms with Gasteiger partial charge >= 0.3 is 6.18 Å². The molecule has 1 aromatic carbocycles. The van der Waals surface area contributed by atoms with Crippen molar-refractivity contribution in [3.8, 4) is 0 Å². The van der Waals surface area contributed by atoms with E-state index in [-0.39, 0.29) is 30.4 Å². The minimum atomic E-state index is -4.39. The summed E-state index contributed by atoms with van der Waals surface area (Å²) in [6.07, 6.45) is -5.90. The van der Waals surface area contributed by atoms with E-state index in [1.54, 1.807) is 4.90 Å². The van der Waals surface area contributed by atoms with Crippen molar-refractivity contribution in [3.05, 3.63) is 35.1 Å². The van der Waals surface area contributed by atoms with Gasteiger partial charge in [-0.1, -0.05) is 0 Å². The third kappa shape index (κ3) is 6.31.